The Hall–Kier alpha value is -0.800. The lowest BCUT2D eigenvalue weighted by Gasteiger charge is -2.23. The minimum atomic E-state index is -0.475. The topological polar surface area (TPSA) is 21.3 Å². The third-order valence-electron chi connectivity index (χ3n) is 3.01. The average Bonchev–Trinajstić information content (AvgIpc) is 2.33. The highest BCUT2D eigenvalue weighted by molar-refractivity contribution is 6.31. The van der Waals surface area contributed by atoms with Gasteiger partial charge in [-0.15, -0.1) is 0 Å². The van der Waals surface area contributed by atoms with Crippen molar-refractivity contribution in [2.75, 3.05) is 20.2 Å². The van der Waals surface area contributed by atoms with Crippen LogP contribution < -0.4 is 10.1 Å². The van der Waals surface area contributed by atoms with Crippen LogP contribution in [0.25, 0.3) is 0 Å². The molecule has 0 aliphatic carbocycles. The van der Waals surface area contributed by atoms with E-state index in [-0.39, 0.29) is 10.8 Å². The molecule has 1 aliphatic heterocycles. The van der Waals surface area contributed by atoms with Crippen LogP contribution >= 0.6 is 11.6 Å². The van der Waals surface area contributed by atoms with Crippen molar-refractivity contribution in [3.63, 3.8) is 0 Å². The molecule has 0 saturated carbocycles. The van der Waals surface area contributed by atoms with E-state index in [1.165, 1.54) is 7.11 Å². The molecule has 1 atom stereocenters. The van der Waals surface area contributed by atoms with Crippen LogP contribution in [0.15, 0.2) is 12.1 Å². The van der Waals surface area contributed by atoms with Gasteiger partial charge in [-0.3, -0.25) is 0 Å². The first-order valence-corrected chi connectivity index (χ1v) is 5.84. The molecule has 0 amide bonds. The SMILES string of the molecule is COc1cc(C2CCCNC2)cc(Cl)c1F. The first-order chi connectivity index (χ1) is 7.72. The molecule has 88 valence electrons. The first-order valence-electron chi connectivity index (χ1n) is 5.46. The van der Waals surface area contributed by atoms with Gasteiger partial charge in [-0.2, -0.15) is 0 Å². The molecule has 1 aliphatic rings. The monoisotopic (exact) mass is 243 g/mol. The lowest BCUT2D eigenvalue weighted by molar-refractivity contribution is 0.384. The van der Waals surface area contributed by atoms with Gasteiger partial charge in [0, 0.05) is 6.54 Å². The third kappa shape index (κ3) is 2.30. The Morgan fingerprint density at radius 3 is 2.94 bits per heavy atom. The van der Waals surface area contributed by atoms with Crippen molar-refractivity contribution < 1.29 is 9.13 Å². The highest BCUT2D eigenvalue weighted by atomic mass is 35.5. The summed E-state index contributed by atoms with van der Waals surface area (Å²) in [7, 11) is 1.46. The Morgan fingerprint density at radius 2 is 2.31 bits per heavy atom. The van der Waals surface area contributed by atoms with Crippen molar-refractivity contribution in [1.82, 2.24) is 5.32 Å². The largest absolute Gasteiger partial charge is 0.494 e. The Bertz CT molecular complexity index is 378. The number of methoxy groups -OCH3 is 1. The maximum absolute atomic E-state index is 13.5. The van der Waals surface area contributed by atoms with Crippen LogP contribution in [0, 0.1) is 5.82 Å². The molecule has 1 N–H and O–H groups in total. The van der Waals surface area contributed by atoms with Gasteiger partial charge in [0.25, 0.3) is 0 Å². The molecular weight excluding hydrogens is 229 g/mol. The predicted molar refractivity (Wildman–Crippen MR) is 62.8 cm³/mol. The highest BCUT2D eigenvalue weighted by Gasteiger charge is 2.18. The summed E-state index contributed by atoms with van der Waals surface area (Å²) >= 11 is 5.84. The Morgan fingerprint density at radius 1 is 1.50 bits per heavy atom. The molecule has 1 unspecified atom stereocenters. The van der Waals surface area contributed by atoms with E-state index < -0.39 is 5.82 Å². The van der Waals surface area contributed by atoms with Crippen molar-refractivity contribution in [1.29, 1.82) is 0 Å². The number of halogens is 2. The zero-order valence-corrected chi connectivity index (χ0v) is 9.98. The van der Waals surface area contributed by atoms with Crippen molar-refractivity contribution in [3.8, 4) is 5.75 Å². The highest BCUT2D eigenvalue weighted by Crippen LogP contribution is 2.32. The van der Waals surface area contributed by atoms with Crippen LogP contribution in [-0.4, -0.2) is 20.2 Å². The van der Waals surface area contributed by atoms with E-state index in [1.807, 2.05) is 0 Å². The van der Waals surface area contributed by atoms with E-state index in [0.717, 1.165) is 31.5 Å². The van der Waals surface area contributed by atoms with Crippen molar-refractivity contribution in [2.24, 2.45) is 0 Å². The maximum atomic E-state index is 13.5. The number of ether oxygens (including phenoxy) is 1. The van der Waals surface area contributed by atoms with Crippen LogP contribution in [0.2, 0.25) is 5.02 Å². The minimum absolute atomic E-state index is 0.139. The van der Waals surface area contributed by atoms with E-state index in [0.29, 0.717) is 5.92 Å². The molecule has 16 heavy (non-hydrogen) atoms. The van der Waals surface area contributed by atoms with Crippen LogP contribution in [0.3, 0.4) is 0 Å². The zero-order chi connectivity index (χ0) is 11.5. The van der Waals surface area contributed by atoms with Gasteiger partial charge in [-0.1, -0.05) is 11.6 Å². The van der Waals surface area contributed by atoms with Gasteiger partial charge in [-0.25, -0.2) is 4.39 Å². The van der Waals surface area contributed by atoms with Gasteiger partial charge in [0.05, 0.1) is 12.1 Å². The second kappa shape index (κ2) is 5.02. The summed E-state index contributed by atoms with van der Waals surface area (Å²) in [5.41, 5.74) is 1.05. The number of hydrogen-bond donors (Lipinski definition) is 1. The molecule has 1 saturated heterocycles. The Labute approximate surface area is 99.7 Å². The molecule has 2 nitrogen and oxygen atoms in total. The molecule has 0 bridgehead atoms. The number of nitrogens with one attached hydrogen (secondary N) is 1. The van der Waals surface area contributed by atoms with Crippen molar-refractivity contribution >= 4 is 11.6 Å². The summed E-state index contributed by atoms with van der Waals surface area (Å²) in [4.78, 5) is 0. The lowest BCUT2D eigenvalue weighted by atomic mass is 9.91. The molecule has 0 spiro atoms. The van der Waals surface area contributed by atoms with Crippen molar-refractivity contribution in [2.45, 2.75) is 18.8 Å². The minimum Gasteiger partial charge on any atom is -0.494 e. The molecule has 0 radical (unpaired) electrons. The van der Waals surface area contributed by atoms with Gasteiger partial charge >= 0.3 is 0 Å². The third-order valence-corrected chi connectivity index (χ3v) is 3.28. The number of hydrogen-bond acceptors (Lipinski definition) is 2. The van der Waals surface area contributed by atoms with Crippen LogP contribution in [0.5, 0.6) is 5.75 Å². The molecule has 1 aromatic rings. The maximum Gasteiger partial charge on any atom is 0.183 e. The Balaban J connectivity index is 2.29. The lowest BCUT2D eigenvalue weighted by Crippen LogP contribution is -2.28. The van der Waals surface area contributed by atoms with E-state index in [1.54, 1.807) is 12.1 Å². The summed E-state index contributed by atoms with van der Waals surface area (Å²) in [5, 5.41) is 3.47. The van der Waals surface area contributed by atoms with E-state index >= 15 is 0 Å². The second-order valence-corrected chi connectivity index (χ2v) is 4.47. The van der Waals surface area contributed by atoms with E-state index in [2.05, 4.69) is 5.32 Å². The van der Waals surface area contributed by atoms with E-state index in [9.17, 15) is 4.39 Å². The fraction of sp³-hybridized carbons (Fsp3) is 0.500. The molecule has 1 fully saturated rings. The average molecular weight is 244 g/mol. The predicted octanol–water partition coefficient (Wildman–Crippen LogP) is 2.95. The number of benzene rings is 1. The normalized spacial score (nSPS) is 20.8. The van der Waals surface area contributed by atoms with Crippen LogP contribution in [0.4, 0.5) is 4.39 Å². The zero-order valence-electron chi connectivity index (χ0n) is 9.22. The molecule has 1 heterocycles. The summed E-state index contributed by atoms with van der Waals surface area (Å²) in [5.74, 6) is 0.158. The fourth-order valence-corrected chi connectivity index (χ4v) is 2.32. The van der Waals surface area contributed by atoms with Crippen molar-refractivity contribution in [3.05, 3.63) is 28.5 Å². The smallest absolute Gasteiger partial charge is 0.183 e. The molecule has 2 rings (SSSR count). The van der Waals surface area contributed by atoms with Gasteiger partial charge in [0.2, 0.25) is 0 Å². The summed E-state index contributed by atoms with van der Waals surface area (Å²) in [6.07, 6.45) is 2.25. The van der Waals surface area contributed by atoms with Gasteiger partial charge in [0.1, 0.15) is 0 Å². The number of rotatable bonds is 2. The molecule has 0 aromatic heterocycles. The van der Waals surface area contributed by atoms with E-state index in [4.69, 9.17) is 16.3 Å². The second-order valence-electron chi connectivity index (χ2n) is 4.06. The van der Waals surface area contributed by atoms with Gasteiger partial charge < -0.3 is 10.1 Å². The summed E-state index contributed by atoms with van der Waals surface area (Å²) in [6.45, 7) is 1.98. The molecular formula is C12H15ClFNO. The quantitative estimate of drug-likeness (QED) is 0.862. The first kappa shape index (κ1) is 11.7. The standard InChI is InChI=1S/C12H15ClFNO/c1-16-11-6-9(5-10(13)12(11)14)8-3-2-4-15-7-8/h5-6,8,15H,2-4,7H2,1H3. The summed E-state index contributed by atoms with van der Waals surface area (Å²) < 4.78 is 18.5. The molecule has 4 heteroatoms. The molecule has 1 aromatic carbocycles. The van der Waals surface area contributed by atoms with Gasteiger partial charge in [-0.05, 0) is 43.0 Å². The van der Waals surface area contributed by atoms with Crippen LogP contribution in [0.1, 0.15) is 24.3 Å². The van der Waals surface area contributed by atoms with Gasteiger partial charge in [0.15, 0.2) is 11.6 Å². The number of piperidine rings is 1. The Kier molecular flexibility index (Phi) is 3.66. The van der Waals surface area contributed by atoms with Crippen LogP contribution in [-0.2, 0) is 0 Å². The fourth-order valence-electron chi connectivity index (χ4n) is 2.10. The summed E-state index contributed by atoms with van der Waals surface area (Å²) in [6, 6.07) is 3.45.